The zero-order valence-corrected chi connectivity index (χ0v) is 18.5. The maximum absolute atomic E-state index is 11.2. The molecule has 0 saturated heterocycles. The maximum atomic E-state index is 11.2. The molecule has 0 aromatic heterocycles. The number of thiol groups is 1. The summed E-state index contributed by atoms with van der Waals surface area (Å²) in [7, 11) is 0. The van der Waals surface area contributed by atoms with Crippen molar-refractivity contribution in [3.63, 3.8) is 0 Å². The molecule has 1 aliphatic rings. The Morgan fingerprint density at radius 2 is 1.38 bits per heavy atom. The third-order valence-electron chi connectivity index (χ3n) is 4.19. The van der Waals surface area contributed by atoms with Gasteiger partial charge in [-0.2, -0.15) is 0 Å². The monoisotopic (exact) mass is 429 g/mol. The minimum Gasteiger partial charge on any atom is -0.489 e. The van der Waals surface area contributed by atoms with Crippen LogP contribution >= 0.6 is 12.6 Å². The van der Waals surface area contributed by atoms with Gasteiger partial charge in [-0.15, -0.1) is 12.6 Å². The summed E-state index contributed by atoms with van der Waals surface area (Å²) in [6.45, 7) is 11.7. The van der Waals surface area contributed by atoms with Crippen LogP contribution in [-0.2, 0) is 14.2 Å². The first-order valence-electron chi connectivity index (χ1n) is 9.60. The number of benzene rings is 1. The van der Waals surface area contributed by atoms with Gasteiger partial charge < -0.3 is 23.7 Å². The third kappa shape index (κ3) is 8.00. The molecule has 0 atom stereocenters. The second-order valence-corrected chi connectivity index (χ2v) is 9.15. The number of nitro benzene ring substituents is 1. The molecule has 0 unspecified atom stereocenters. The molecule has 0 radical (unpaired) electrons. The molecule has 0 amide bonds. The summed E-state index contributed by atoms with van der Waals surface area (Å²) in [5, 5.41) is 11.2. The fourth-order valence-corrected chi connectivity index (χ4v) is 2.91. The Hall–Kier alpha value is -1.55. The molecule has 2 rings (SSSR count). The van der Waals surface area contributed by atoms with Crippen molar-refractivity contribution >= 4 is 18.3 Å². The zero-order valence-electron chi connectivity index (χ0n) is 17.6. The number of nitrogens with zero attached hydrogens (tertiary/aromatic N) is 1. The summed E-state index contributed by atoms with van der Waals surface area (Å²) < 4.78 is 28.8. The lowest BCUT2D eigenvalue weighted by Gasteiger charge is -2.29. The van der Waals surface area contributed by atoms with E-state index in [0.29, 0.717) is 52.0 Å². The molecule has 9 heteroatoms. The number of hydrogen-bond donors (Lipinski definition) is 1. The second-order valence-electron chi connectivity index (χ2n) is 8.67. The van der Waals surface area contributed by atoms with E-state index in [1.54, 1.807) is 0 Å². The number of rotatable bonds is 1. The number of hydrogen-bond acceptors (Lipinski definition) is 8. The predicted molar refractivity (Wildman–Crippen MR) is 111 cm³/mol. The van der Waals surface area contributed by atoms with Gasteiger partial charge in [0.05, 0.1) is 62.1 Å². The van der Waals surface area contributed by atoms with E-state index in [9.17, 15) is 10.1 Å². The van der Waals surface area contributed by atoms with Crippen LogP contribution < -0.4 is 9.47 Å². The summed E-state index contributed by atoms with van der Waals surface area (Å²) in [5.74, 6) is 0.693. The summed E-state index contributed by atoms with van der Waals surface area (Å²) in [5.41, 5.74) is -0.523. The normalized spacial score (nSPS) is 21.1. The molecule has 0 N–H and O–H groups in total. The Bertz CT molecular complexity index is 694. The minimum atomic E-state index is -0.498. The number of ether oxygens (including phenoxy) is 5. The van der Waals surface area contributed by atoms with E-state index in [1.165, 1.54) is 12.1 Å². The highest BCUT2D eigenvalue weighted by Crippen LogP contribution is 2.37. The lowest BCUT2D eigenvalue weighted by Crippen LogP contribution is -2.32. The first kappa shape index (κ1) is 23.7. The summed E-state index contributed by atoms with van der Waals surface area (Å²) >= 11 is 4.21. The fraction of sp³-hybridized carbons (Fsp3) is 0.700. The Morgan fingerprint density at radius 3 is 2.07 bits per heavy atom. The van der Waals surface area contributed by atoms with Crippen molar-refractivity contribution < 1.29 is 28.6 Å². The largest absolute Gasteiger partial charge is 0.489 e. The molecule has 1 aliphatic heterocycles. The van der Waals surface area contributed by atoms with Gasteiger partial charge >= 0.3 is 0 Å². The SMILES string of the molecule is CC1(C)COCCOCCOc2cc([N+](=O)[O-])c(S)cc2OCC(C)(C)COC1. The van der Waals surface area contributed by atoms with Gasteiger partial charge in [0.25, 0.3) is 5.69 Å². The van der Waals surface area contributed by atoms with Crippen LogP contribution in [0.4, 0.5) is 5.69 Å². The predicted octanol–water partition coefficient (Wildman–Crippen LogP) is 3.76. The molecule has 1 heterocycles. The van der Waals surface area contributed by atoms with Crippen LogP contribution in [0.3, 0.4) is 0 Å². The maximum Gasteiger partial charge on any atom is 0.286 e. The standard InChI is InChI=1S/C20H31NO7S/c1-19(2)11-25-6-5-24-7-8-27-16-9-15(21(22)23)18(29)10-17(16)28-14-20(3,4)13-26-12-19/h9-10,29H,5-8,11-14H2,1-4H3. The Morgan fingerprint density at radius 1 is 0.828 bits per heavy atom. The van der Waals surface area contributed by atoms with Gasteiger partial charge in [0.15, 0.2) is 11.5 Å². The Labute approximate surface area is 177 Å². The third-order valence-corrected chi connectivity index (χ3v) is 4.55. The highest BCUT2D eigenvalue weighted by molar-refractivity contribution is 7.80. The summed E-state index contributed by atoms with van der Waals surface area (Å²) in [4.78, 5) is 10.9. The van der Waals surface area contributed by atoms with Gasteiger partial charge in [0.1, 0.15) is 6.61 Å². The van der Waals surface area contributed by atoms with E-state index in [0.717, 1.165) is 0 Å². The van der Waals surface area contributed by atoms with Crippen LogP contribution in [0.1, 0.15) is 27.7 Å². The molecule has 1 aromatic carbocycles. The van der Waals surface area contributed by atoms with Gasteiger partial charge in [0, 0.05) is 16.9 Å². The average molecular weight is 430 g/mol. The lowest BCUT2D eigenvalue weighted by molar-refractivity contribution is -0.387. The molecule has 0 fully saturated rings. The molecule has 1 aromatic rings. The molecule has 0 saturated carbocycles. The van der Waals surface area contributed by atoms with Crippen molar-refractivity contribution in [3.8, 4) is 11.5 Å². The summed E-state index contributed by atoms with van der Waals surface area (Å²) in [6, 6.07) is 2.85. The highest BCUT2D eigenvalue weighted by atomic mass is 32.1. The first-order chi connectivity index (χ1) is 13.6. The van der Waals surface area contributed by atoms with Crippen molar-refractivity contribution in [2.24, 2.45) is 10.8 Å². The molecule has 0 aliphatic carbocycles. The molecule has 164 valence electrons. The molecule has 0 spiro atoms. The smallest absolute Gasteiger partial charge is 0.286 e. The van der Waals surface area contributed by atoms with Crippen molar-refractivity contribution in [1.29, 1.82) is 0 Å². The zero-order chi connectivity index (χ0) is 21.5. The van der Waals surface area contributed by atoms with E-state index in [-0.39, 0.29) is 33.8 Å². The number of nitro groups is 1. The fourth-order valence-electron chi connectivity index (χ4n) is 2.65. The Kier molecular flexibility index (Phi) is 8.57. The number of fused-ring (bicyclic) bond motifs is 1. The highest BCUT2D eigenvalue weighted by Gasteiger charge is 2.25. The van der Waals surface area contributed by atoms with Crippen LogP contribution in [-0.4, -0.2) is 57.8 Å². The average Bonchev–Trinajstić information content (AvgIpc) is 2.62. The van der Waals surface area contributed by atoms with Gasteiger partial charge in [-0.3, -0.25) is 10.1 Å². The molecule has 0 bridgehead atoms. The van der Waals surface area contributed by atoms with E-state index in [1.807, 2.05) is 13.8 Å². The van der Waals surface area contributed by atoms with E-state index in [2.05, 4.69) is 26.5 Å². The van der Waals surface area contributed by atoms with Gasteiger partial charge in [0.2, 0.25) is 0 Å². The van der Waals surface area contributed by atoms with Gasteiger partial charge in [-0.25, -0.2) is 0 Å². The lowest BCUT2D eigenvalue weighted by atomic mass is 9.94. The van der Waals surface area contributed by atoms with Gasteiger partial charge in [-0.05, 0) is 0 Å². The molecule has 8 nitrogen and oxygen atoms in total. The molecular formula is C20H31NO7S. The van der Waals surface area contributed by atoms with Crippen molar-refractivity contribution in [1.82, 2.24) is 0 Å². The molecule has 29 heavy (non-hydrogen) atoms. The minimum absolute atomic E-state index is 0.111. The first-order valence-corrected chi connectivity index (χ1v) is 10.0. The topological polar surface area (TPSA) is 89.3 Å². The Balaban J connectivity index is 2.17. The van der Waals surface area contributed by atoms with E-state index < -0.39 is 4.92 Å². The van der Waals surface area contributed by atoms with E-state index in [4.69, 9.17) is 23.7 Å². The van der Waals surface area contributed by atoms with Crippen molar-refractivity contribution in [2.75, 3.05) is 52.9 Å². The second kappa shape index (κ2) is 10.5. The van der Waals surface area contributed by atoms with Crippen molar-refractivity contribution in [2.45, 2.75) is 32.6 Å². The van der Waals surface area contributed by atoms with Crippen LogP contribution in [0.25, 0.3) is 0 Å². The van der Waals surface area contributed by atoms with Gasteiger partial charge in [-0.1, -0.05) is 27.7 Å². The van der Waals surface area contributed by atoms with E-state index >= 15 is 0 Å². The van der Waals surface area contributed by atoms with Crippen LogP contribution in [0.2, 0.25) is 0 Å². The summed E-state index contributed by atoms with van der Waals surface area (Å²) in [6.07, 6.45) is 0. The molecular weight excluding hydrogens is 398 g/mol. The van der Waals surface area contributed by atoms with Crippen LogP contribution in [0, 0.1) is 20.9 Å². The van der Waals surface area contributed by atoms with Crippen molar-refractivity contribution in [3.05, 3.63) is 22.2 Å². The van der Waals surface area contributed by atoms with Crippen LogP contribution in [0.15, 0.2) is 17.0 Å². The van der Waals surface area contributed by atoms with Crippen LogP contribution in [0.5, 0.6) is 11.5 Å². The quantitative estimate of drug-likeness (QED) is 0.413.